The molecule has 0 rings (SSSR count). The predicted octanol–water partition coefficient (Wildman–Crippen LogP) is 8.76. The fourth-order valence-electron chi connectivity index (χ4n) is 3.54. The summed E-state index contributed by atoms with van der Waals surface area (Å²) in [5.74, 6) is -0.659. The van der Waals surface area contributed by atoms with Crippen LogP contribution in [0, 0.1) is 0 Å². The number of carboxylic acids is 1. The fraction of sp³-hybridized carbons (Fsp3) is 0.964. The first-order valence-electron chi connectivity index (χ1n) is 14.7. The molecule has 0 aliphatic rings. The number of rotatable bonds is 24. The summed E-state index contributed by atoms with van der Waals surface area (Å²) < 4.78 is 37.8. The van der Waals surface area contributed by atoms with Gasteiger partial charge in [-0.1, -0.05) is 123 Å². The SMILES string of the molecule is CCCCCCCCCCCC(=O)O.CCCCCCCCCCCCOS(=O)(=O)O.CCOCC. The number of carbonyl (C=O) groups is 1. The quantitative estimate of drug-likeness (QED) is 0.0929. The van der Waals surface area contributed by atoms with Crippen LogP contribution in [0.2, 0.25) is 0 Å². The van der Waals surface area contributed by atoms with E-state index in [0.717, 1.165) is 38.9 Å². The summed E-state index contributed by atoms with van der Waals surface area (Å²) in [5, 5.41) is 8.41. The molecule has 0 saturated carbocycles. The summed E-state index contributed by atoms with van der Waals surface area (Å²) in [6, 6.07) is 0. The lowest BCUT2D eigenvalue weighted by molar-refractivity contribution is -0.137. The third kappa shape index (κ3) is 50.2. The topological polar surface area (TPSA) is 110 Å². The molecule has 220 valence electrons. The lowest BCUT2D eigenvalue weighted by Crippen LogP contribution is -2.04. The van der Waals surface area contributed by atoms with Gasteiger partial charge in [-0.3, -0.25) is 9.35 Å². The molecule has 8 heteroatoms. The summed E-state index contributed by atoms with van der Waals surface area (Å²) in [6.07, 6.45) is 23.3. The van der Waals surface area contributed by atoms with Crippen LogP contribution in [-0.4, -0.2) is 43.9 Å². The van der Waals surface area contributed by atoms with Gasteiger partial charge >= 0.3 is 16.4 Å². The van der Waals surface area contributed by atoms with Crippen molar-refractivity contribution in [3.8, 4) is 0 Å². The lowest BCUT2D eigenvalue weighted by Gasteiger charge is -2.02. The van der Waals surface area contributed by atoms with E-state index in [1.54, 1.807) is 0 Å². The highest BCUT2D eigenvalue weighted by atomic mass is 32.3. The molecule has 2 N–H and O–H groups in total. The van der Waals surface area contributed by atoms with Crippen molar-refractivity contribution in [1.29, 1.82) is 0 Å². The Bertz CT molecular complexity index is 508. The Morgan fingerprint density at radius 1 is 0.583 bits per heavy atom. The van der Waals surface area contributed by atoms with Crippen LogP contribution in [0.1, 0.15) is 156 Å². The van der Waals surface area contributed by atoms with Gasteiger partial charge in [0.15, 0.2) is 0 Å². The lowest BCUT2D eigenvalue weighted by atomic mass is 10.1. The molecule has 0 bridgehead atoms. The molecule has 0 aliphatic carbocycles. The van der Waals surface area contributed by atoms with Gasteiger partial charge in [-0.2, -0.15) is 8.42 Å². The first-order chi connectivity index (χ1) is 17.2. The summed E-state index contributed by atoms with van der Waals surface area (Å²) in [7, 11) is -4.23. The normalized spacial score (nSPS) is 10.8. The number of unbranched alkanes of at least 4 members (excludes halogenated alkanes) is 17. The standard InChI is InChI=1S/C12H26O4S.C12H24O2.C4H10O/c1-2-3-4-5-6-7-8-9-10-11-12-16-17(13,14)15;1-2-3-4-5-6-7-8-9-10-11-12(13)14;1-3-5-4-2/h2-12H2,1H3,(H,13,14,15);2-11H2,1H3,(H,13,14);3-4H2,1-2H3. The van der Waals surface area contributed by atoms with Crippen molar-refractivity contribution >= 4 is 16.4 Å². The van der Waals surface area contributed by atoms with Gasteiger partial charge in [0.2, 0.25) is 0 Å². The van der Waals surface area contributed by atoms with Gasteiger partial charge in [-0.25, -0.2) is 4.18 Å². The number of hydrogen-bond donors (Lipinski definition) is 2. The monoisotopic (exact) mass is 540 g/mol. The minimum Gasteiger partial charge on any atom is -0.481 e. The molecule has 0 aromatic heterocycles. The van der Waals surface area contributed by atoms with Crippen LogP contribution in [0.3, 0.4) is 0 Å². The zero-order chi connectivity index (χ0) is 27.8. The Balaban J connectivity index is -0.000000515. The molecule has 0 atom stereocenters. The van der Waals surface area contributed by atoms with Crippen LogP contribution in [-0.2, 0) is 24.1 Å². The van der Waals surface area contributed by atoms with E-state index in [0.29, 0.717) is 12.8 Å². The van der Waals surface area contributed by atoms with Crippen LogP contribution in [0.5, 0.6) is 0 Å². The highest BCUT2D eigenvalue weighted by Gasteiger charge is 2.02. The Kier molecular flexibility index (Phi) is 37.9. The van der Waals surface area contributed by atoms with Crippen LogP contribution in [0.15, 0.2) is 0 Å². The molecule has 0 saturated heterocycles. The van der Waals surface area contributed by atoms with Crippen molar-refractivity contribution in [2.24, 2.45) is 0 Å². The third-order valence-corrected chi connectivity index (χ3v) is 6.10. The van der Waals surface area contributed by atoms with Crippen molar-refractivity contribution in [3.63, 3.8) is 0 Å². The number of carboxylic acid groups (broad SMARTS) is 1. The molecule has 0 radical (unpaired) electrons. The molecular weight excluding hydrogens is 480 g/mol. The molecule has 0 aromatic carbocycles. The smallest absolute Gasteiger partial charge is 0.397 e. The second-order valence-corrected chi connectivity index (χ2v) is 10.3. The van der Waals surface area contributed by atoms with Gasteiger partial charge < -0.3 is 9.84 Å². The molecule has 0 fully saturated rings. The van der Waals surface area contributed by atoms with Crippen molar-refractivity contribution in [2.45, 2.75) is 156 Å². The zero-order valence-corrected chi connectivity index (χ0v) is 24.9. The summed E-state index contributed by atoms with van der Waals surface area (Å²) in [4.78, 5) is 10.2. The van der Waals surface area contributed by atoms with E-state index in [4.69, 9.17) is 14.4 Å². The van der Waals surface area contributed by atoms with Gasteiger partial charge in [0, 0.05) is 19.6 Å². The maximum atomic E-state index is 10.2. The molecule has 36 heavy (non-hydrogen) atoms. The van der Waals surface area contributed by atoms with E-state index in [1.165, 1.54) is 89.9 Å². The first-order valence-corrected chi connectivity index (χ1v) is 16.0. The third-order valence-electron chi connectivity index (χ3n) is 5.63. The Hall–Kier alpha value is -0.700. The largest absolute Gasteiger partial charge is 0.481 e. The highest BCUT2D eigenvalue weighted by Crippen LogP contribution is 2.11. The Morgan fingerprint density at radius 3 is 1.19 bits per heavy atom. The van der Waals surface area contributed by atoms with E-state index in [2.05, 4.69) is 18.0 Å². The minimum absolute atomic E-state index is 0.0926. The van der Waals surface area contributed by atoms with Crippen molar-refractivity contribution < 1.29 is 31.8 Å². The van der Waals surface area contributed by atoms with Crippen LogP contribution < -0.4 is 0 Å². The van der Waals surface area contributed by atoms with Gasteiger partial charge in [-0.15, -0.1) is 0 Å². The average Bonchev–Trinajstić information content (AvgIpc) is 2.82. The number of hydrogen-bond acceptors (Lipinski definition) is 5. The van der Waals surface area contributed by atoms with E-state index < -0.39 is 16.4 Å². The van der Waals surface area contributed by atoms with Gasteiger partial charge in [0.1, 0.15) is 0 Å². The number of ether oxygens (including phenoxy) is 1. The average molecular weight is 541 g/mol. The van der Waals surface area contributed by atoms with E-state index >= 15 is 0 Å². The second kappa shape index (κ2) is 34.3. The predicted molar refractivity (Wildman–Crippen MR) is 151 cm³/mol. The molecule has 7 nitrogen and oxygen atoms in total. The highest BCUT2D eigenvalue weighted by molar-refractivity contribution is 7.80. The Morgan fingerprint density at radius 2 is 0.917 bits per heavy atom. The maximum Gasteiger partial charge on any atom is 0.397 e. The van der Waals surface area contributed by atoms with E-state index in [9.17, 15) is 13.2 Å². The van der Waals surface area contributed by atoms with Gasteiger partial charge in [0.25, 0.3) is 0 Å². The van der Waals surface area contributed by atoms with Gasteiger partial charge in [-0.05, 0) is 26.7 Å². The van der Waals surface area contributed by atoms with Gasteiger partial charge in [0.05, 0.1) is 6.61 Å². The summed E-state index contributed by atoms with van der Waals surface area (Å²) >= 11 is 0. The molecule has 0 aliphatic heterocycles. The van der Waals surface area contributed by atoms with E-state index in [1.807, 2.05) is 13.8 Å². The van der Waals surface area contributed by atoms with Crippen LogP contribution >= 0.6 is 0 Å². The number of aliphatic carboxylic acids is 1. The zero-order valence-electron chi connectivity index (χ0n) is 24.1. The Labute approximate surface area is 224 Å². The molecule has 0 amide bonds. The summed E-state index contributed by atoms with van der Waals surface area (Å²) in [6.45, 7) is 10.2. The first kappa shape index (κ1) is 39.8. The van der Waals surface area contributed by atoms with Crippen LogP contribution in [0.25, 0.3) is 0 Å². The van der Waals surface area contributed by atoms with E-state index in [-0.39, 0.29) is 6.61 Å². The van der Waals surface area contributed by atoms with Crippen molar-refractivity contribution in [2.75, 3.05) is 19.8 Å². The van der Waals surface area contributed by atoms with Crippen molar-refractivity contribution in [3.05, 3.63) is 0 Å². The molecule has 0 spiro atoms. The van der Waals surface area contributed by atoms with Crippen molar-refractivity contribution in [1.82, 2.24) is 0 Å². The molecule has 0 unspecified atom stereocenters. The second-order valence-electron chi connectivity index (χ2n) is 9.19. The summed E-state index contributed by atoms with van der Waals surface area (Å²) in [5.41, 5.74) is 0. The molecule has 0 aromatic rings. The van der Waals surface area contributed by atoms with Crippen LogP contribution in [0.4, 0.5) is 0 Å². The molecule has 0 heterocycles. The maximum absolute atomic E-state index is 10.2. The fourth-order valence-corrected chi connectivity index (χ4v) is 3.87. The molecular formula is C28H60O7S. The minimum atomic E-state index is -4.23.